The minimum atomic E-state index is 0.449. The number of rotatable bonds is 1. The number of nitrogens with zero attached hydrogens (tertiary/aromatic N) is 1. The molecule has 0 aliphatic carbocycles. The molecule has 0 N–H and O–H groups in total. The van der Waals surface area contributed by atoms with Crippen molar-refractivity contribution < 1.29 is 4.74 Å². The van der Waals surface area contributed by atoms with Gasteiger partial charge in [0.2, 0.25) is 0 Å². The Labute approximate surface area is 89.4 Å². The number of benzene rings is 1. The number of anilines is 1. The first kappa shape index (κ1) is 9.81. The summed E-state index contributed by atoms with van der Waals surface area (Å²) in [6.45, 7) is 4.76. The van der Waals surface area contributed by atoms with Crippen LogP contribution in [0.5, 0.6) is 0 Å². The number of hydrogen-bond donors (Lipinski definition) is 0. The second-order valence-electron chi connectivity index (χ2n) is 3.59. The first-order valence-electron chi connectivity index (χ1n) is 4.87. The van der Waals surface area contributed by atoms with Crippen LogP contribution < -0.4 is 4.90 Å². The third kappa shape index (κ3) is 2.02. The number of ether oxygens (including phenoxy) is 1. The van der Waals surface area contributed by atoms with Crippen molar-refractivity contribution in [1.29, 1.82) is 0 Å². The maximum absolute atomic E-state index is 5.84. The second-order valence-corrected chi connectivity index (χ2v) is 4.03. The van der Waals surface area contributed by atoms with Crippen LogP contribution in [0.25, 0.3) is 0 Å². The lowest BCUT2D eigenvalue weighted by molar-refractivity contribution is 0.0989. The normalized spacial score (nSPS) is 22.4. The lowest BCUT2D eigenvalue weighted by Crippen LogP contribution is -2.43. The Morgan fingerprint density at radius 3 is 2.71 bits per heavy atom. The van der Waals surface area contributed by atoms with E-state index in [-0.39, 0.29) is 0 Å². The van der Waals surface area contributed by atoms with Crippen LogP contribution in [0.4, 0.5) is 5.69 Å². The van der Waals surface area contributed by atoms with Crippen molar-refractivity contribution >= 4 is 17.3 Å². The highest BCUT2D eigenvalue weighted by Crippen LogP contribution is 2.21. The summed E-state index contributed by atoms with van der Waals surface area (Å²) < 4.78 is 5.39. The molecule has 0 radical (unpaired) electrons. The number of halogens is 1. The van der Waals surface area contributed by atoms with E-state index in [1.807, 2.05) is 12.1 Å². The van der Waals surface area contributed by atoms with Gasteiger partial charge >= 0.3 is 0 Å². The summed E-state index contributed by atoms with van der Waals surface area (Å²) in [5.74, 6) is 0. The molecule has 0 aromatic heterocycles. The van der Waals surface area contributed by atoms with Crippen LogP contribution in [0.15, 0.2) is 24.3 Å². The number of morpholine rings is 1. The maximum Gasteiger partial charge on any atom is 0.0668 e. The Bertz CT molecular complexity index is 299. The highest BCUT2D eigenvalue weighted by Gasteiger charge is 2.18. The highest BCUT2D eigenvalue weighted by atomic mass is 35.5. The van der Waals surface area contributed by atoms with Gasteiger partial charge in [-0.2, -0.15) is 0 Å². The van der Waals surface area contributed by atoms with E-state index in [1.165, 1.54) is 5.69 Å². The monoisotopic (exact) mass is 211 g/mol. The van der Waals surface area contributed by atoms with Gasteiger partial charge in [-0.25, -0.2) is 0 Å². The Morgan fingerprint density at radius 1 is 1.36 bits per heavy atom. The Hall–Kier alpha value is -0.730. The molecule has 0 bridgehead atoms. The third-order valence-corrected chi connectivity index (χ3v) is 2.78. The molecule has 1 saturated heterocycles. The Balaban J connectivity index is 2.16. The predicted molar refractivity (Wildman–Crippen MR) is 59.1 cm³/mol. The minimum absolute atomic E-state index is 0.449. The topological polar surface area (TPSA) is 12.5 Å². The molecule has 0 amide bonds. The fourth-order valence-electron chi connectivity index (χ4n) is 1.74. The SMILES string of the molecule is CC1COCCN1c1ccc(Cl)cc1. The molecule has 1 aliphatic heterocycles. The molecule has 1 unspecified atom stereocenters. The molecule has 76 valence electrons. The Morgan fingerprint density at radius 2 is 2.07 bits per heavy atom. The van der Waals surface area contributed by atoms with Crippen molar-refractivity contribution in [2.45, 2.75) is 13.0 Å². The van der Waals surface area contributed by atoms with E-state index in [9.17, 15) is 0 Å². The van der Waals surface area contributed by atoms with Gasteiger partial charge in [-0.05, 0) is 31.2 Å². The predicted octanol–water partition coefficient (Wildman–Crippen LogP) is 2.57. The van der Waals surface area contributed by atoms with E-state index in [0.29, 0.717) is 6.04 Å². The van der Waals surface area contributed by atoms with Gasteiger partial charge in [0.05, 0.1) is 13.2 Å². The van der Waals surface area contributed by atoms with E-state index in [1.54, 1.807) is 0 Å². The summed E-state index contributed by atoms with van der Waals surface area (Å²) in [5.41, 5.74) is 1.23. The summed E-state index contributed by atoms with van der Waals surface area (Å²) in [5, 5.41) is 0.787. The van der Waals surface area contributed by atoms with E-state index >= 15 is 0 Å². The molecule has 2 nitrogen and oxygen atoms in total. The summed E-state index contributed by atoms with van der Waals surface area (Å²) in [4.78, 5) is 2.35. The van der Waals surface area contributed by atoms with Crippen LogP contribution >= 0.6 is 11.6 Å². The molecule has 14 heavy (non-hydrogen) atoms. The molecule has 0 saturated carbocycles. The average Bonchev–Trinajstić information content (AvgIpc) is 2.20. The van der Waals surface area contributed by atoms with Gasteiger partial charge in [0.25, 0.3) is 0 Å². The number of hydrogen-bond acceptors (Lipinski definition) is 2. The molecule has 1 fully saturated rings. The van der Waals surface area contributed by atoms with Crippen LogP contribution in [0.3, 0.4) is 0 Å². The molecule has 1 aliphatic rings. The molecule has 1 aromatic rings. The standard InChI is InChI=1S/C11H14ClNO/c1-9-8-14-7-6-13(9)11-4-2-10(12)3-5-11/h2-5,9H,6-8H2,1H3. The van der Waals surface area contributed by atoms with Crippen molar-refractivity contribution in [3.63, 3.8) is 0 Å². The van der Waals surface area contributed by atoms with Crippen LogP contribution in [0, 0.1) is 0 Å². The third-order valence-electron chi connectivity index (χ3n) is 2.53. The lowest BCUT2D eigenvalue weighted by Gasteiger charge is -2.35. The fraction of sp³-hybridized carbons (Fsp3) is 0.455. The van der Waals surface area contributed by atoms with Gasteiger partial charge in [-0.1, -0.05) is 11.6 Å². The molecule has 1 heterocycles. The van der Waals surface area contributed by atoms with Crippen molar-refractivity contribution in [3.05, 3.63) is 29.3 Å². The van der Waals surface area contributed by atoms with Crippen molar-refractivity contribution in [2.75, 3.05) is 24.7 Å². The summed E-state index contributed by atoms with van der Waals surface area (Å²) in [7, 11) is 0. The first-order valence-corrected chi connectivity index (χ1v) is 5.25. The van der Waals surface area contributed by atoms with Gasteiger partial charge < -0.3 is 9.64 Å². The zero-order valence-electron chi connectivity index (χ0n) is 8.24. The zero-order valence-corrected chi connectivity index (χ0v) is 9.00. The van der Waals surface area contributed by atoms with E-state index in [0.717, 1.165) is 24.8 Å². The minimum Gasteiger partial charge on any atom is -0.377 e. The van der Waals surface area contributed by atoms with Crippen LogP contribution in [0.1, 0.15) is 6.92 Å². The smallest absolute Gasteiger partial charge is 0.0668 e. The lowest BCUT2D eigenvalue weighted by atomic mass is 10.2. The van der Waals surface area contributed by atoms with E-state index in [4.69, 9.17) is 16.3 Å². The molecule has 3 heteroatoms. The molecule has 2 rings (SSSR count). The van der Waals surface area contributed by atoms with Gasteiger partial charge in [0.15, 0.2) is 0 Å². The van der Waals surface area contributed by atoms with Crippen LogP contribution in [-0.2, 0) is 4.74 Å². The average molecular weight is 212 g/mol. The van der Waals surface area contributed by atoms with Gasteiger partial charge in [-0.15, -0.1) is 0 Å². The molecule has 1 aromatic carbocycles. The Kier molecular flexibility index (Phi) is 2.94. The second kappa shape index (κ2) is 4.20. The van der Waals surface area contributed by atoms with Crippen molar-refractivity contribution in [2.24, 2.45) is 0 Å². The largest absolute Gasteiger partial charge is 0.377 e. The van der Waals surface area contributed by atoms with Crippen molar-refractivity contribution in [3.8, 4) is 0 Å². The van der Waals surface area contributed by atoms with Gasteiger partial charge in [0, 0.05) is 23.3 Å². The molecule has 1 atom stereocenters. The highest BCUT2D eigenvalue weighted by molar-refractivity contribution is 6.30. The quantitative estimate of drug-likeness (QED) is 0.708. The van der Waals surface area contributed by atoms with Crippen molar-refractivity contribution in [1.82, 2.24) is 0 Å². The molecule has 0 spiro atoms. The zero-order chi connectivity index (χ0) is 9.97. The maximum atomic E-state index is 5.84. The van der Waals surface area contributed by atoms with E-state index in [2.05, 4.69) is 24.0 Å². The summed E-state index contributed by atoms with van der Waals surface area (Å²) in [6, 6.07) is 8.43. The summed E-state index contributed by atoms with van der Waals surface area (Å²) in [6.07, 6.45) is 0. The van der Waals surface area contributed by atoms with Crippen LogP contribution in [-0.4, -0.2) is 25.8 Å². The molecular weight excluding hydrogens is 198 g/mol. The van der Waals surface area contributed by atoms with E-state index < -0.39 is 0 Å². The fourth-order valence-corrected chi connectivity index (χ4v) is 1.87. The molecular formula is C11H14ClNO. The summed E-state index contributed by atoms with van der Waals surface area (Å²) >= 11 is 5.84. The van der Waals surface area contributed by atoms with Gasteiger partial charge in [0.1, 0.15) is 0 Å². The van der Waals surface area contributed by atoms with Gasteiger partial charge in [-0.3, -0.25) is 0 Å². The first-order chi connectivity index (χ1) is 6.77. The van der Waals surface area contributed by atoms with Crippen LogP contribution in [0.2, 0.25) is 5.02 Å².